The minimum atomic E-state index is -0.428. The average Bonchev–Trinajstić information content (AvgIpc) is 3.20. The number of aromatic nitrogens is 2. The Hall–Kier alpha value is -2.44. The monoisotopic (exact) mass is 414 g/mol. The molecule has 0 aliphatic carbocycles. The van der Waals surface area contributed by atoms with E-state index in [1.165, 1.54) is 17.4 Å². The zero-order valence-electron chi connectivity index (χ0n) is 15.5. The van der Waals surface area contributed by atoms with Gasteiger partial charge in [-0.1, -0.05) is 11.6 Å². The molecule has 3 heterocycles. The number of benzene rings is 2. The van der Waals surface area contributed by atoms with Crippen LogP contribution in [0.25, 0.3) is 31.7 Å². The van der Waals surface area contributed by atoms with Gasteiger partial charge in [0.2, 0.25) is 0 Å². The Morgan fingerprint density at radius 1 is 1.25 bits per heavy atom. The molecular formula is C21H16ClFN2O2S. The standard InChI is InChI=1S/C21H16ClFN2O2S/c1-21(2)8-14-18(27-21)15(23)7-16-19(14)28-20(25-16)13-6-11(22)4-10-5-12(26-3)9-24-17(10)13/h4-7,9H,8H2,1-3H3. The second-order valence-electron chi connectivity index (χ2n) is 7.47. The van der Waals surface area contributed by atoms with Gasteiger partial charge in [0.25, 0.3) is 0 Å². The second-order valence-corrected chi connectivity index (χ2v) is 8.91. The van der Waals surface area contributed by atoms with Crippen molar-refractivity contribution in [3.63, 3.8) is 0 Å². The summed E-state index contributed by atoms with van der Waals surface area (Å²) < 4.78 is 26.6. The molecule has 0 amide bonds. The summed E-state index contributed by atoms with van der Waals surface area (Å²) in [5, 5.41) is 2.19. The highest BCUT2D eigenvalue weighted by molar-refractivity contribution is 7.22. The van der Waals surface area contributed by atoms with E-state index < -0.39 is 5.60 Å². The molecule has 0 bridgehead atoms. The summed E-state index contributed by atoms with van der Waals surface area (Å²) in [4.78, 5) is 9.23. The van der Waals surface area contributed by atoms with Crippen molar-refractivity contribution in [1.82, 2.24) is 9.97 Å². The van der Waals surface area contributed by atoms with Gasteiger partial charge >= 0.3 is 0 Å². The van der Waals surface area contributed by atoms with Crippen LogP contribution in [0, 0.1) is 5.82 Å². The van der Waals surface area contributed by atoms with Crippen LogP contribution in [0.4, 0.5) is 4.39 Å². The number of methoxy groups -OCH3 is 1. The molecule has 2 aromatic carbocycles. The van der Waals surface area contributed by atoms with Gasteiger partial charge in [0.15, 0.2) is 11.6 Å². The number of fused-ring (bicyclic) bond motifs is 4. The number of pyridine rings is 1. The van der Waals surface area contributed by atoms with E-state index >= 15 is 0 Å². The summed E-state index contributed by atoms with van der Waals surface area (Å²) in [6.45, 7) is 3.92. The van der Waals surface area contributed by atoms with Crippen LogP contribution >= 0.6 is 22.9 Å². The van der Waals surface area contributed by atoms with Crippen molar-refractivity contribution < 1.29 is 13.9 Å². The molecule has 2 aromatic heterocycles. The number of hydrogen-bond donors (Lipinski definition) is 0. The van der Waals surface area contributed by atoms with E-state index in [0.29, 0.717) is 28.5 Å². The molecule has 7 heteroatoms. The summed E-state index contributed by atoms with van der Waals surface area (Å²) in [5.41, 5.74) is 2.67. The van der Waals surface area contributed by atoms with Crippen LogP contribution < -0.4 is 9.47 Å². The van der Waals surface area contributed by atoms with E-state index in [0.717, 1.165) is 31.7 Å². The Morgan fingerprint density at radius 3 is 2.86 bits per heavy atom. The van der Waals surface area contributed by atoms with E-state index in [1.807, 2.05) is 32.0 Å². The maximum absolute atomic E-state index is 14.6. The lowest BCUT2D eigenvalue weighted by molar-refractivity contribution is 0.133. The van der Waals surface area contributed by atoms with Crippen LogP contribution in [0.2, 0.25) is 5.02 Å². The van der Waals surface area contributed by atoms with E-state index in [2.05, 4.69) is 4.98 Å². The molecule has 0 saturated heterocycles. The molecule has 28 heavy (non-hydrogen) atoms. The molecule has 0 unspecified atom stereocenters. The van der Waals surface area contributed by atoms with Crippen LogP contribution in [-0.4, -0.2) is 22.7 Å². The number of halogens is 2. The molecule has 0 saturated carbocycles. The fraction of sp³-hybridized carbons (Fsp3) is 0.238. The third-order valence-electron chi connectivity index (χ3n) is 4.85. The zero-order valence-corrected chi connectivity index (χ0v) is 17.0. The highest BCUT2D eigenvalue weighted by Crippen LogP contribution is 2.45. The van der Waals surface area contributed by atoms with Crippen molar-refractivity contribution in [2.45, 2.75) is 25.9 Å². The van der Waals surface area contributed by atoms with Crippen LogP contribution in [-0.2, 0) is 6.42 Å². The molecule has 0 spiro atoms. The summed E-state index contributed by atoms with van der Waals surface area (Å²) in [5.74, 6) is 0.625. The lowest BCUT2D eigenvalue weighted by atomic mass is 10.0. The van der Waals surface area contributed by atoms with Crippen molar-refractivity contribution in [2.75, 3.05) is 7.11 Å². The maximum Gasteiger partial charge on any atom is 0.167 e. The highest BCUT2D eigenvalue weighted by Gasteiger charge is 2.35. The van der Waals surface area contributed by atoms with Crippen LogP contribution in [0.3, 0.4) is 0 Å². The maximum atomic E-state index is 14.6. The van der Waals surface area contributed by atoms with Gasteiger partial charge in [-0.15, -0.1) is 11.3 Å². The second kappa shape index (κ2) is 6.03. The SMILES string of the molecule is COc1cnc2c(-c3nc4cc(F)c5c(c4s3)CC(C)(C)O5)cc(Cl)cc2c1. The van der Waals surface area contributed by atoms with Crippen molar-refractivity contribution in [1.29, 1.82) is 0 Å². The predicted molar refractivity (Wildman–Crippen MR) is 110 cm³/mol. The van der Waals surface area contributed by atoms with Crippen molar-refractivity contribution in [3.05, 3.63) is 46.9 Å². The van der Waals surface area contributed by atoms with E-state index in [-0.39, 0.29) is 5.82 Å². The summed E-state index contributed by atoms with van der Waals surface area (Å²) >= 11 is 7.86. The fourth-order valence-electron chi connectivity index (χ4n) is 3.67. The smallest absolute Gasteiger partial charge is 0.167 e. The highest BCUT2D eigenvalue weighted by atomic mass is 35.5. The summed E-state index contributed by atoms with van der Waals surface area (Å²) in [7, 11) is 1.60. The van der Waals surface area contributed by atoms with E-state index in [1.54, 1.807) is 13.3 Å². The largest absolute Gasteiger partial charge is 0.495 e. The number of ether oxygens (including phenoxy) is 2. The van der Waals surface area contributed by atoms with Gasteiger partial charge in [-0.2, -0.15) is 0 Å². The fourth-order valence-corrected chi connectivity index (χ4v) is 5.00. The van der Waals surface area contributed by atoms with Crippen molar-refractivity contribution >= 4 is 44.1 Å². The molecule has 0 atom stereocenters. The Bertz CT molecular complexity index is 1270. The van der Waals surface area contributed by atoms with Crippen LogP contribution in [0.15, 0.2) is 30.5 Å². The van der Waals surface area contributed by atoms with Gasteiger partial charge in [-0.25, -0.2) is 9.37 Å². The lowest BCUT2D eigenvalue weighted by Gasteiger charge is -2.16. The molecule has 4 aromatic rings. The third-order valence-corrected chi connectivity index (χ3v) is 6.23. The number of hydrogen-bond acceptors (Lipinski definition) is 5. The Balaban J connectivity index is 1.75. The zero-order chi connectivity index (χ0) is 19.6. The number of thiazole rings is 1. The van der Waals surface area contributed by atoms with Crippen molar-refractivity contribution in [2.24, 2.45) is 0 Å². The minimum absolute atomic E-state index is 0.339. The van der Waals surface area contributed by atoms with Gasteiger partial charge in [-0.3, -0.25) is 4.98 Å². The van der Waals surface area contributed by atoms with Gasteiger partial charge in [-0.05, 0) is 32.0 Å². The molecule has 142 valence electrons. The Labute approximate surface area is 169 Å². The first-order valence-electron chi connectivity index (χ1n) is 8.79. The molecule has 0 radical (unpaired) electrons. The first-order valence-corrected chi connectivity index (χ1v) is 9.99. The first kappa shape index (κ1) is 17.6. The van der Waals surface area contributed by atoms with Crippen LogP contribution in [0.5, 0.6) is 11.5 Å². The van der Waals surface area contributed by atoms with Gasteiger partial charge in [0, 0.05) is 34.0 Å². The van der Waals surface area contributed by atoms with Gasteiger partial charge in [0.1, 0.15) is 16.4 Å². The number of nitrogens with zero attached hydrogens (tertiary/aromatic N) is 2. The number of rotatable bonds is 2. The van der Waals surface area contributed by atoms with Crippen LogP contribution in [0.1, 0.15) is 19.4 Å². The summed E-state index contributed by atoms with van der Waals surface area (Å²) in [6.07, 6.45) is 2.31. The topological polar surface area (TPSA) is 44.2 Å². The van der Waals surface area contributed by atoms with Crippen molar-refractivity contribution in [3.8, 4) is 22.1 Å². The molecule has 1 aliphatic heterocycles. The Morgan fingerprint density at radius 2 is 2.07 bits per heavy atom. The molecular weight excluding hydrogens is 399 g/mol. The van der Waals surface area contributed by atoms with Gasteiger partial charge in [0.05, 0.1) is 29.0 Å². The molecule has 4 nitrogen and oxygen atoms in total. The lowest BCUT2D eigenvalue weighted by Crippen LogP contribution is -2.24. The minimum Gasteiger partial charge on any atom is -0.495 e. The molecule has 1 aliphatic rings. The third kappa shape index (κ3) is 2.71. The average molecular weight is 415 g/mol. The van der Waals surface area contributed by atoms with E-state index in [4.69, 9.17) is 26.1 Å². The Kier molecular flexibility index (Phi) is 3.80. The predicted octanol–water partition coefficient (Wildman–Crippen LogP) is 6.03. The summed E-state index contributed by atoms with van der Waals surface area (Å²) in [6, 6.07) is 7.02. The molecule has 0 fully saturated rings. The van der Waals surface area contributed by atoms with E-state index in [9.17, 15) is 4.39 Å². The normalized spacial score (nSPS) is 15.0. The quantitative estimate of drug-likeness (QED) is 0.402. The van der Waals surface area contributed by atoms with Gasteiger partial charge < -0.3 is 9.47 Å². The first-order chi connectivity index (χ1) is 13.3. The molecule has 0 N–H and O–H groups in total. The molecule has 5 rings (SSSR count).